The molecule has 0 spiro atoms. The van der Waals surface area contributed by atoms with E-state index in [1.54, 1.807) is 24.3 Å². The number of hydrogen-bond donors (Lipinski definition) is 4. The molecule has 2 saturated heterocycles. The summed E-state index contributed by atoms with van der Waals surface area (Å²) in [6.07, 6.45) is 26.5. The maximum atomic E-state index is 12.2. The zero-order valence-corrected chi connectivity index (χ0v) is 23.5. The fraction of sp³-hybridized carbons (Fsp3) is 0.312. The van der Waals surface area contributed by atoms with Crippen LogP contribution in [0.1, 0.15) is 12.8 Å². The van der Waals surface area contributed by atoms with Crippen LogP contribution in [0.15, 0.2) is 108 Å². The summed E-state index contributed by atoms with van der Waals surface area (Å²) in [5.41, 5.74) is -0.665. The molecule has 4 atom stereocenters. The molecule has 0 unspecified atom stereocenters. The molecule has 3 rings (SSSR count). The number of nitrogens with zero attached hydrogens (tertiary/aromatic N) is 2. The second kappa shape index (κ2) is 14.9. The van der Waals surface area contributed by atoms with Gasteiger partial charge in [0.05, 0.1) is 13.2 Å². The second-order valence-corrected chi connectivity index (χ2v) is 9.98. The normalized spacial score (nSPS) is 28.2. The summed E-state index contributed by atoms with van der Waals surface area (Å²) in [5, 5.41) is 39.0. The van der Waals surface area contributed by atoms with Gasteiger partial charge in [-0.3, -0.25) is 19.2 Å². The summed E-state index contributed by atoms with van der Waals surface area (Å²) in [4.78, 5) is 51.0. The maximum Gasteiger partial charge on any atom is 0.261 e. The molecule has 0 aromatic heterocycles. The van der Waals surface area contributed by atoms with Crippen LogP contribution in [-0.2, 0) is 19.2 Å². The topological polar surface area (TPSA) is 156 Å². The highest BCUT2D eigenvalue weighted by Crippen LogP contribution is 2.27. The molecular weight excluding hydrogens is 540 g/mol. The smallest absolute Gasteiger partial charge is 0.261 e. The fourth-order valence-electron chi connectivity index (χ4n) is 4.84. The van der Waals surface area contributed by atoms with Crippen LogP contribution in [0.2, 0.25) is 0 Å². The van der Waals surface area contributed by atoms with Crippen molar-refractivity contribution >= 4 is 23.4 Å². The van der Waals surface area contributed by atoms with Gasteiger partial charge < -0.3 is 30.2 Å². The Morgan fingerprint density at radius 3 is 1.64 bits per heavy atom. The number of rotatable bonds is 10. The van der Waals surface area contributed by atoms with Crippen LogP contribution < -0.4 is 0 Å². The van der Waals surface area contributed by atoms with Crippen molar-refractivity contribution in [2.45, 2.75) is 24.9 Å². The van der Waals surface area contributed by atoms with E-state index in [-0.39, 0.29) is 23.0 Å². The third kappa shape index (κ3) is 7.20. The highest BCUT2D eigenvalue weighted by Gasteiger charge is 2.43. The molecule has 42 heavy (non-hydrogen) atoms. The predicted octanol–water partition coefficient (Wildman–Crippen LogP) is 2.33. The van der Waals surface area contributed by atoms with E-state index in [9.17, 15) is 39.6 Å². The van der Waals surface area contributed by atoms with E-state index in [2.05, 4.69) is 18.2 Å². The molecular formula is C32H36N2O8. The third-order valence-electron chi connectivity index (χ3n) is 7.35. The molecule has 2 aliphatic heterocycles. The minimum Gasteiger partial charge on any atom is -0.507 e. The zero-order chi connectivity index (χ0) is 30.8. The molecule has 0 aromatic carbocycles. The lowest BCUT2D eigenvalue weighted by Crippen LogP contribution is -2.34. The number of allylic oxidation sites excluding steroid dienone is 14. The van der Waals surface area contributed by atoms with Crippen molar-refractivity contribution < 1.29 is 39.6 Å². The number of Topliss-reactive ketones (excluding diaryl/α,β-unsaturated/α-hetero) is 2. The second-order valence-electron chi connectivity index (χ2n) is 9.98. The zero-order valence-electron chi connectivity index (χ0n) is 23.5. The number of carbonyl (C=O) groups is 4. The minimum absolute atomic E-state index is 0.160. The summed E-state index contributed by atoms with van der Waals surface area (Å²) in [5.74, 6) is -2.95. The number of amides is 2. The Morgan fingerprint density at radius 2 is 1.19 bits per heavy atom. The summed E-state index contributed by atoms with van der Waals surface area (Å²) >= 11 is 0. The highest BCUT2D eigenvalue weighted by molar-refractivity contribution is 6.27. The van der Waals surface area contributed by atoms with E-state index in [4.69, 9.17) is 0 Å². The Bertz CT molecular complexity index is 1360. The number of aliphatic hydroxyl groups is 4. The molecule has 2 heterocycles. The van der Waals surface area contributed by atoms with Crippen LogP contribution in [0, 0.1) is 11.8 Å². The predicted molar refractivity (Wildman–Crippen MR) is 157 cm³/mol. The number of aliphatic hydroxyl groups excluding tert-OH is 4. The van der Waals surface area contributed by atoms with E-state index in [1.807, 2.05) is 18.2 Å². The van der Waals surface area contributed by atoms with E-state index < -0.39 is 60.2 Å². The lowest BCUT2D eigenvalue weighted by atomic mass is 9.83. The van der Waals surface area contributed by atoms with Crippen LogP contribution in [0.25, 0.3) is 0 Å². The monoisotopic (exact) mass is 576 g/mol. The SMILES string of the molecule is CN1C(=O)/C(=C(O)/C=C/C=C/C=C/[C@H]2C=CCC[C@@H]2/C=C/C=C/C=C/C(O)=C2/C(=O)[C@H](CO)N(C)C2=O)C(=O)[C@@H]1CO. The lowest BCUT2D eigenvalue weighted by molar-refractivity contribution is -0.126. The number of likely N-dealkylation sites (tertiary alicyclic amines) is 2. The Labute approximate surface area is 244 Å². The molecule has 4 N–H and O–H groups in total. The molecule has 0 aromatic rings. The fourth-order valence-corrected chi connectivity index (χ4v) is 4.84. The van der Waals surface area contributed by atoms with E-state index in [0.717, 1.165) is 22.6 Å². The molecule has 3 aliphatic rings. The third-order valence-corrected chi connectivity index (χ3v) is 7.35. The average molecular weight is 577 g/mol. The average Bonchev–Trinajstić information content (AvgIpc) is 3.33. The minimum atomic E-state index is -0.977. The van der Waals surface area contributed by atoms with Crippen LogP contribution in [-0.4, -0.2) is 93.0 Å². The summed E-state index contributed by atoms with van der Waals surface area (Å²) in [7, 11) is 2.80. The van der Waals surface area contributed by atoms with Gasteiger partial charge in [0.1, 0.15) is 34.7 Å². The van der Waals surface area contributed by atoms with Crippen molar-refractivity contribution in [1.82, 2.24) is 9.80 Å². The molecule has 1 aliphatic carbocycles. The Kier molecular flexibility index (Phi) is 11.3. The van der Waals surface area contributed by atoms with Crippen LogP contribution in [0.3, 0.4) is 0 Å². The van der Waals surface area contributed by atoms with Crippen LogP contribution in [0.4, 0.5) is 0 Å². The summed E-state index contributed by atoms with van der Waals surface area (Å²) in [6, 6.07) is -1.95. The largest absolute Gasteiger partial charge is 0.507 e. The number of carbonyl (C=O) groups excluding carboxylic acids is 4. The van der Waals surface area contributed by atoms with Gasteiger partial charge in [0, 0.05) is 20.0 Å². The number of ketones is 2. The van der Waals surface area contributed by atoms with Crippen molar-refractivity contribution in [2.24, 2.45) is 11.8 Å². The van der Waals surface area contributed by atoms with Crippen molar-refractivity contribution in [3.8, 4) is 0 Å². The summed E-state index contributed by atoms with van der Waals surface area (Å²) < 4.78 is 0. The van der Waals surface area contributed by atoms with Gasteiger partial charge in [-0.05, 0) is 30.9 Å². The Balaban J connectivity index is 1.56. The van der Waals surface area contributed by atoms with Gasteiger partial charge in [0.2, 0.25) is 0 Å². The van der Waals surface area contributed by atoms with Crippen LogP contribution in [0.5, 0.6) is 0 Å². The molecule has 222 valence electrons. The molecule has 0 radical (unpaired) electrons. The first-order valence-corrected chi connectivity index (χ1v) is 13.5. The summed E-state index contributed by atoms with van der Waals surface area (Å²) in [6.45, 7) is -1.02. The first-order valence-electron chi connectivity index (χ1n) is 13.5. The molecule has 2 amide bonds. The van der Waals surface area contributed by atoms with Crippen molar-refractivity contribution in [3.63, 3.8) is 0 Å². The first-order chi connectivity index (χ1) is 20.1. The van der Waals surface area contributed by atoms with E-state index >= 15 is 0 Å². The van der Waals surface area contributed by atoms with Gasteiger partial charge in [0.25, 0.3) is 11.8 Å². The van der Waals surface area contributed by atoms with Crippen molar-refractivity contribution in [2.75, 3.05) is 27.3 Å². The molecule has 2 fully saturated rings. The van der Waals surface area contributed by atoms with Crippen molar-refractivity contribution in [3.05, 3.63) is 108 Å². The highest BCUT2D eigenvalue weighted by atomic mass is 16.3. The van der Waals surface area contributed by atoms with Gasteiger partial charge in [-0.25, -0.2) is 0 Å². The van der Waals surface area contributed by atoms with Gasteiger partial charge in [-0.1, -0.05) is 72.9 Å². The quantitative estimate of drug-likeness (QED) is 0.102. The Morgan fingerprint density at radius 1 is 0.738 bits per heavy atom. The van der Waals surface area contributed by atoms with Crippen LogP contribution >= 0.6 is 0 Å². The van der Waals surface area contributed by atoms with E-state index in [0.29, 0.717) is 0 Å². The number of hydrogen-bond acceptors (Lipinski definition) is 8. The van der Waals surface area contributed by atoms with Gasteiger partial charge in [-0.15, -0.1) is 0 Å². The standard InChI is InChI=1S/C32H36N2O8/c1-33-23(19-35)29(39)27(31(33)41)25(37)17-9-5-3-7-13-21-15-11-12-16-22(21)14-8-4-6-10-18-26(38)28-30(40)24(20-36)34(2)32(28)42/h3-11,13-15,17-18,21-24,35-38H,12,16,19-20H2,1-2H3/b5-3+,6-4+,13-7+,14-8+,17-9+,18-10+,27-25-,28-26+/t21-,22-,23-,24-/m0/s1. The van der Waals surface area contributed by atoms with E-state index in [1.165, 1.54) is 38.4 Å². The molecule has 0 saturated carbocycles. The van der Waals surface area contributed by atoms with Crippen molar-refractivity contribution in [1.29, 1.82) is 0 Å². The maximum absolute atomic E-state index is 12.2. The molecule has 10 heteroatoms. The number of likely N-dealkylation sites (N-methyl/N-ethyl adjacent to an activating group) is 2. The van der Waals surface area contributed by atoms with Gasteiger partial charge >= 0.3 is 0 Å². The molecule has 0 bridgehead atoms. The Hall–Kier alpha value is -4.54. The first kappa shape index (κ1) is 32.0. The van der Waals surface area contributed by atoms with Gasteiger partial charge in [0.15, 0.2) is 11.6 Å². The lowest BCUT2D eigenvalue weighted by Gasteiger charge is -2.22. The van der Waals surface area contributed by atoms with Gasteiger partial charge in [-0.2, -0.15) is 0 Å². The molecule has 10 nitrogen and oxygen atoms in total.